The van der Waals surface area contributed by atoms with E-state index in [0.717, 1.165) is 51.4 Å². The number of carbonyl (C=O) groups is 1. The van der Waals surface area contributed by atoms with Crippen LogP contribution < -0.4 is 0 Å². The Morgan fingerprint density at radius 2 is 0.862 bits per heavy atom. The van der Waals surface area contributed by atoms with Crippen molar-refractivity contribution in [1.29, 1.82) is 0 Å². The van der Waals surface area contributed by atoms with Crippen LogP contribution in [0.2, 0.25) is 127 Å². The molecule has 1 saturated carbocycles. The quantitative estimate of drug-likeness (QED) is 0.0431. The summed E-state index contributed by atoms with van der Waals surface area (Å²) in [6.07, 6.45) is 6.93. The van der Waals surface area contributed by atoms with E-state index in [4.69, 9.17) is 35.7 Å². The summed E-state index contributed by atoms with van der Waals surface area (Å²) in [6.45, 7) is 82.4. The summed E-state index contributed by atoms with van der Waals surface area (Å²) in [6, 6.07) is 11.2. The number of thiophene rings is 1. The summed E-state index contributed by atoms with van der Waals surface area (Å²) in [4.78, 5) is 15.6. The topological polar surface area (TPSA) is 90.9 Å². The number of unbranched alkanes of at least 4 members (excludes halogenated alkanes) is 3. The van der Waals surface area contributed by atoms with Gasteiger partial charge in [0, 0.05) is 16.0 Å². The lowest BCUT2D eigenvalue weighted by Gasteiger charge is -2.49. The van der Waals surface area contributed by atoms with Gasteiger partial charge in [-0.15, -0.1) is 11.3 Å². The van der Waals surface area contributed by atoms with Gasteiger partial charge in [-0.2, -0.15) is 0 Å². The van der Waals surface area contributed by atoms with Crippen molar-refractivity contribution in [2.75, 3.05) is 13.2 Å². The molecule has 508 valence electrons. The van der Waals surface area contributed by atoms with E-state index < -0.39 is 76.5 Å². The third kappa shape index (κ3) is 22.2. The van der Waals surface area contributed by atoms with Crippen LogP contribution in [0, 0.1) is 11.8 Å². The van der Waals surface area contributed by atoms with Crippen LogP contribution in [0.3, 0.4) is 0 Å². The molecule has 17 heteroatoms. The minimum absolute atomic E-state index is 0.00511. The van der Waals surface area contributed by atoms with Gasteiger partial charge >= 0.3 is 5.97 Å². The maximum Gasteiger partial charge on any atom is 0.305 e. The maximum atomic E-state index is 14.3. The van der Waals surface area contributed by atoms with E-state index in [-0.39, 0.29) is 66.2 Å². The first-order valence-electron chi connectivity index (χ1n) is 34.1. The first-order chi connectivity index (χ1) is 38.7. The second-order valence-electron chi connectivity index (χ2n) is 37.4. The summed E-state index contributed by atoms with van der Waals surface area (Å²) in [5.74, 6) is 0.507. The minimum Gasteiger partial charge on any atom is -0.463 e. The molecule has 1 aromatic heterocycles. The van der Waals surface area contributed by atoms with E-state index in [2.05, 4.69) is 267 Å². The zero-order valence-corrected chi connectivity index (χ0v) is 71.2. The molecule has 0 N–H and O–H groups in total. The Morgan fingerprint density at radius 3 is 1.30 bits per heavy atom. The zero-order valence-electron chi connectivity index (χ0n) is 63.4. The van der Waals surface area contributed by atoms with Crippen LogP contribution in [0.5, 0.6) is 0 Å². The van der Waals surface area contributed by atoms with Crippen LogP contribution in [-0.4, -0.2) is 108 Å². The Hall–Kier alpha value is -0.112. The predicted molar refractivity (Wildman–Crippen MR) is 396 cm³/mol. The zero-order chi connectivity index (χ0) is 67.6. The molecule has 2 aromatic rings. The van der Waals surface area contributed by atoms with Gasteiger partial charge in [0.15, 0.2) is 58.2 Å². The molecule has 87 heavy (non-hydrogen) atoms. The highest BCUT2D eigenvalue weighted by molar-refractivity contribution is 7.19. The number of carbonyl (C=O) groups excluding carboxylic acids is 1. The first kappa shape index (κ1) is 81.1. The number of benzene rings is 1. The van der Waals surface area contributed by atoms with Crippen molar-refractivity contribution in [1.82, 2.24) is 0 Å². The molecular formula is C70H140O9SSi7. The summed E-state index contributed by atoms with van der Waals surface area (Å²) in [5.41, 5.74) is 0. The molecule has 0 aliphatic heterocycles. The number of hydrogen-bond donors (Lipinski definition) is 0. The van der Waals surface area contributed by atoms with Gasteiger partial charge in [-0.25, -0.2) is 0 Å². The van der Waals surface area contributed by atoms with Gasteiger partial charge < -0.3 is 35.7 Å². The Bertz CT molecular complexity index is 2420. The SMILES string of the molecule is CC(C)(C)[Si](C)(C)OC[C@H](O[Si](C)(C)C(C)(C)C)[C@H](O[Si](C)(C)C(C)(C)C)[C@@H](COC(=O)CCCCCC[C@@H]1[C@@H](CC[C@@H](O[Si](C)(C)C(C)(C)C)c2cc3ccccc3s2)[C@H](O[Si](C)(C)C(C)(C)C)C[C@@H]1O[Si](C)(C)C(C)(C)C)O[Si](C)(C)C(C)(C)C. The Balaban J connectivity index is 2.02. The lowest BCUT2D eigenvalue weighted by Crippen LogP contribution is -2.60. The molecule has 0 bridgehead atoms. The number of rotatable bonds is 30. The minimum atomic E-state index is -2.47. The average Bonchev–Trinajstić information content (AvgIpc) is 2.22. The molecule has 0 spiro atoms. The van der Waals surface area contributed by atoms with Crippen LogP contribution in [0.15, 0.2) is 30.3 Å². The smallest absolute Gasteiger partial charge is 0.305 e. The fraction of sp³-hybridized carbons (Fsp3) is 0.871. The normalized spacial score (nSPS) is 20.5. The van der Waals surface area contributed by atoms with E-state index >= 15 is 0 Å². The van der Waals surface area contributed by atoms with Crippen molar-refractivity contribution in [2.45, 2.75) is 367 Å². The standard InChI is InChI=1S/C70H140O9SSi7/c1-64(2,3)81(22,23)73-51-59(78-86(32,33)69(16,17)18)63(79-87(34,35)70(19,20)21)58(77-85(30,31)68(13,14)15)50-72-62(71)45-39-37-36-38-43-53-54(57(76-84(28,29)67(10,11)12)49-56(53)75-83(26,27)66(7,8)9)46-47-55(74-82(24,25)65(4,5)6)61-48-52-42-40-41-44-60(52)80-61/h40-42,44,48,53-59,63H,36-39,43,45-47,49-51H2,1-35H3/t53-,54-,55-,56+,57-,58-,59+,63-/m1/s1. The number of fused-ring (bicyclic) bond motifs is 1. The number of ether oxygens (including phenoxy) is 1. The molecule has 0 radical (unpaired) electrons. The summed E-state index contributed by atoms with van der Waals surface area (Å²) in [7, 11) is -16.0. The molecule has 1 aliphatic rings. The summed E-state index contributed by atoms with van der Waals surface area (Å²) in [5, 5.41) is 1.30. The Morgan fingerprint density at radius 1 is 0.471 bits per heavy atom. The molecule has 1 heterocycles. The molecule has 0 unspecified atom stereocenters. The molecule has 1 fully saturated rings. The second-order valence-corrected chi connectivity index (χ2v) is 71.9. The van der Waals surface area contributed by atoms with E-state index in [1.165, 1.54) is 15.0 Å². The summed E-state index contributed by atoms with van der Waals surface area (Å²) < 4.78 is 60.4. The molecule has 1 aliphatic carbocycles. The van der Waals surface area contributed by atoms with Gasteiger partial charge in [0.2, 0.25) is 0 Å². The molecule has 3 rings (SSSR count). The van der Waals surface area contributed by atoms with Gasteiger partial charge in [-0.3, -0.25) is 4.79 Å². The first-order valence-corrected chi connectivity index (χ1v) is 55.2. The van der Waals surface area contributed by atoms with Gasteiger partial charge in [0.25, 0.3) is 0 Å². The molecule has 0 amide bonds. The highest BCUT2D eigenvalue weighted by atomic mass is 32.1. The van der Waals surface area contributed by atoms with Crippen LogP contribution >= 0.6 is 11.3 Å². The van der Waals surface area contributed by atoms with Gasteiger partial charge in [-0.1, -0.05) is 183 Å². The van der Waals surface area contributed by atoms with E-state index in [9.17, 15) is 4.79 Å². The van der Waals surface area contributed by atoms with Crippen molar-refractivity contribution in [3.8, 4) is 0 Å². The fourth-order valence-electron chi connectivity index (χ4n) is 9.78. The van der Waals surface area contributed by atoms with Crippen molar-refractivity contribution >= 4 is 85.6 Å². The van der Waals surface area contributed by atoms with Crippen LogP contribution in [0.25, 0.3) is 10.1 Å². The second kappa shape index (κ2) is 29.5. The number of hydrogen-bond acceptors (Lipinski definition) is 10. The van der Waals surface area contributed by atoms with Crippen LogP contribution in [0.4, 0.5) is 0 Å². The predicted octanol–water partition coefficient (Wildman–Crippen LogP) is 23.2. The summed E-state index contributed by atoms with van der Waals surface area (Å²) >= 11 is 1.91. The fourth-order valence-corrected chi connectivity index (χ4v) is 20.0. The van der Waals surface area contributed by atoms with Crippen LogP contribution in [0.1, 0.15) is 214 Å². The van der Waals surface area contributed by atoms with Crippen molar-refractivity contribution < 1.29 is 40.5 Å². The molecule has 8 atom stereocenters. The third-order valence-corrected chi connectivity index (χ3v) is 55.9. The van der Waals surface area contributed by atoms with Crippen molar-refractivity contribution in [3.63, 3.8) is 0 Å². The van der Waals surface area contributed by atoms with E-state index in [1.807, 2.05) is 11.3 Å². The largest absolute Gasteiger partial charge is 0.463 e. The molecule has 1 aromatic carbocycles. The van der Waals surface area contributed by atoms with Crippen LogP contribution in [-0.2, 0) is 40.5 Å². The van der Waals surface area contributed by atoms with Gasteiger partial charge in [0.05, 0.1) is 31.0 Å². The Labute approximate surface area is 549 Å². The van der Waals surface area contributed by atoms with E-state index in [0.29, 0.717) is 24.9 Å². The monoisotopic (exact) mass is 1350 g/mol. The van der Waals surface area contributed by atoms with E-state index in [1.54, 1.807) is 0 Å². The number of esters is 1. The van der Waals surface area contributed by atoms with Crippen molar-refractivity contribution in [3.05, 3.63) is 35.2 Å². The average molecular weight is 1350 g/mol. The maximum absolute atomic E-state index is 14.3. The lowest BCUT2D eigenvalue weighted by atomic mass is 9.84. The lowest BCUT2D eigenvalue weighted by molar-refractivity contribution is -0.150. The Kier molecular flexibility index (Phi) is 27.5. The molecular weight excluding hydrogens is 1210 g/mol. The third-order valence-electron chi connectivity index (χ3n) is 23.2. The molecule has 0 saturated heterocycles. The van der Waals surface area contributed by atoms with Crippen molar-refractivity contribution in [2.24, 2.45) is 11.8 Å². The molecule has 9 nitrogen and oxygen atoms in total. The van der Waals surface area contributed by atoms with Gasteiger partial charge in [-0.05, 0) is 188 Å². The highest BCUT2D eigenvalue weighted by Gasteiger charge is 2.54. The van der Waals surface area contributed by atoms with Gasteiger partial charge in [0.1, 0.15) is 18.8 Å². The highest BCUT2D eigenvalue weighted by Crippen LogP contribution is 2.52.